The van der Waals surface area contributed by atoms with Gasteiger partial charge >= 0.3 is 111 Å². The third-order valence-electron chi connectivity index (χ3n) is 0.341. The van der Waals surface area contributed by atoms with Gasteiger partial charge in [-0.15, -0.1) is 0 Å². The summed E-state index contributed by atoms with van der Waals surface area (Å²) in [6, 6.07) is 0. The fourth-order valence-corrected chi connectivity index (χ4v) is 0.163. The lowest BCUT2D eigenvalue weighted by Gasteiger charge is -1.93. The van der Waals surface area contributed by atoms with Gasteiger partial charge in [0.15, 0.2) is 0 Å². The molecule has 0 aromatic heterocycles. The molecule has 0 fully saturated rings. The highest BCUT2D eigenvalue weighted by molar-refractivity contribution is 5.82. The quantitative estimate of drug-likeness (QED) is 0.267. The SMILES string of the molecule is O=C(O)OC(=O)OC(=O)O.[MgH2].[MgH2].[MgH2].[MgH2]. The normalized spacial score (nSPS) is 5.71. The standard InChI is InChI=1S/C3H2O7.4Mg.8H/c4-1(5)9-3(8)10-2(6)7;;;;;;;;;;;;/h(H,4,5)(H,6,7);;;;;;;;;;;;. The second-order valence-corrected chi connectivity index (χ2v) is 0.986. The fraction of sp³-hybridized carbons (Fsp3) is 0. The molecule has 2 N–H and O–H groups in total. The Labute approximate surface area is 143 Å². The van der Waals surface area contributed by atoms with Crippen LogP contribution in [0, 0.1) is 0 Å². The monoisotopic (exact) mass is 254 g/mol. The van der Waals surface area contributed by atoms with Gasteiger partial charge in [-0.25, -0.2) is 14.4 Å². The predicted octanol–water partition coefficient (Wildman–Crippen LogP) is -3.17. The second kappa shape index (κ2) is 16.7. The number of ether oxygens (including phenoxy) is 2. The van der Waals surface area contributed by atoms with Crippen molar-refractivity contribution in [2.24, 2.45) is 0 Å². The molecule has 0 atom stereocenters. The van der Waals surface area contributed by atoms with Crippen LogP contribution in [-0.2, 0) is 9.47 Å². The van der Waals surface area contributed by atoms with Crippen molar-refractivity contribution in [2.75, 3.05) is 0 Å². The summed E-state index contributed by atoms with van der Waals surface area (Å²) in [6.45, 7) is 0. The summed E-state index contributed by atoms with van der Waals surface area (Å²) in [5.74, 6) is 0. The van der Waals surface area contributed by atoms with Crippen LogP contribution < -0.4 is 0 Å². The van der Waals surface area contributed by atoms with Gasteiger partial charge in [0.1, 0.15) is 0 Å². The van der Waals surface area contributed by atoms with Crippen molar-refractivity contribution in [1.82, 2.24) is 0 Å². The third kappa shape index (κ3) is 23.3. The van der Waals surface area contributed by atoms with Gasteiger partial charge in [0.25, 0.3) is 0 Å². The van der Waals surface area contributed by atoms with E-state index in [0.717, 1.165) is 0 Å². The molecular weight excluding hydrogens is 245 g/mol. The maximum atomic E-state index is 9.86. The van der Waals surface area contributed by atoms with E-state index < -0.39 is 18.5 Å². The minimum atomic E-state index is -1.92. The summed E-state index contributed by atoms with van der Waals surface area (Å²) in [7, 11) is 0. The Morgan fingerprint density at radius 2 is 0.929 bits per heavy atom. The molecule has 0 saturated carbocycles. The summed E-state index contributed by atoms with van der Waals surface area (Å²) < 4.78 is 6.47. The molecule has 0 aromatic carbocycles. The van der Waals surface area contributed by atoms with Crippen LogP contribution in [0.2, 0.25) is 0 Å². The van der Waals surface area contributed by atoms with E-state index in [9.17, 15) is 14.4 Å². The molecule has 0 radical (unpaired) electrons. The molecule has 0 heterocycles. The number of hydrogen-bond acceptors (Lipinski definition) is 5. The lowest BCUT2D eigenvalue weighted by Crippen LogP contribution is -2.14. The van der Waals surface area contributed by atoms with Crippen LogP contribution >= 0.6 is 0 Å². The molecule has 0 aliphatic rings. The molecule has 0 saturated heterocycles. The Kier molecular flexibility index (Phi) is 35.2. The highest BCUT2D eigenvalue weighted by atomic mass is 24.3. The van der Waals surface area contributed by atoms with E-state index in [-0.39, 0.29) is 92.2 Å². The first-order valence-corrected chi connectivity index (χ1v) is 1.88. The minimum Gasteiger partial charge on any atom is -0.449 e. The maximum absolute atomic E-state index is 9.86. The lowest BCUT2D eigenvalue weighted by atomic mass is 11.2. The van der Waals surface area contributed by atoms with Crippen molar-refractivity contribution in [1.29, 1.82) is 0 Å². The van der Waals surface area contributed by atoms with Crippen molar-refractivity contribution >= 4 is 111 Å². The Hall–Kier alpha value is 1.27. The molecule has 0 aliphatic heterocycles. The van der Waals surface area contributed by atoms with Crippen molar-refractivity contribution in [3.63, 3.8) is 0 Å². The van der Waals surface area contributed by atoms with Crippen LogP contribution in [0.3, 0.4) is 0 Å². The summed E-state index contributed by atoms with van der Waals surface area (Å²) in [6.07, 6.45) is -5.64. The van der Waals surface area contributed by atoms with Crippen LogP contribution in [0.4, 0.5) is 14.4 Å². The van der Waals surface area contributed by atoms with Crippen molar-refractivity contribution < 1.29 is 34.1 Å². The van der Waals surface area contributed by atoms with Crippen molar-refractivity contribution in [3.05, 3.63) is 0 Å². The van der Waals surface area contributed by atoms with Gasteiger partial charge in [0.2, 0.25) is 0 Å². The molecule has 0 bridgehead atoms. The van der Waals surface area contributed by atoms with Gasteiger partial charge in [0, 0.05) is 0 Å². The number of carbonyl (C=O) groups is 3. The zero-order chi connectivity index (χ0) is 8.15. The molecule has 0 aromatic rings. The van der Waals surface area contributed by atoms with Crippen LogP contribution in [0.15, 0.2) is 0 Å². The average Bonchev–Trinajstić information content (AvgIpc) is 1.58. The molecule has 7 nitrogen and oxygen atoms in total. The molecule has 0 spiro atoms. The summed E-state index contributed by atoms with van der Waals surface area (Å²) in [5, 5.41) is 15.4. The largest absolute Gasteiger partial charge is 0.528 e. The molecule has 0 unspecified atom stereocenters. The van der Waals surface area contributed by atoms with E-state index in [4.69, 9.17) is 10.2 Å². The first-order chi connectivity index (χ1) is 4.52. The van der Waals surface area contributed by atoms with Crippen molar-refractivity contribution in [3.8, 4) is 0 Å². The minimum absolute atomic E-state index is 0. The zero-order valence-electron chi connectivity index (χ0n) is 4.44. The molecule has 0 amide bonds. The van der Waals surface area contributed by atoms with Gasteiger partial charge in [0.05, 0.1) is 0 Å². The van der Waals surface area contributed by atoms with Crippen LogP contribution in [0.1, 0.15) is 0 Å². The number of carbonyl (C=O) groups excluding carboxylic acids is 1. The van der Waals surface area contributed by atoms with Gasteiger partial charge < -0.3 is 19.7 Å². The van der Waals surface area contributed by atoms with Crippen LogP contribution in [0.5, 0.6) is 0 Å². The number of rotatable bonds is 0. The Morgan fingerprint density at radius 1 is 0.714 bits per heavy atom. The molecule has 11 heteroatoms. The fourth-order valence-electron chi connectivity index (χ4n) is 0.163. The molecule has 72 valence electrons. The van der Waals surface area contributed by atoms with Crippen molar-refractivity contribution in [2.45, 2.75) is 0 Å². The molecular formula is C3H10Mg4O7. The Balaban J connectivity index is -0.0000000675. The van der Waals surface area contributed by atoms with E-state index in [0.29, 0.717) is 0 Å². The molecule has 0 aliphatic carbocycles. The smallest absolute Gasteiger partial charge is 0.449 e. The number of carboxylic acid groups (broad SMARTS) is 2. The lowest BCUT2D eigenvalue weighted by molar-refractivity contribution is 0.0549. The number of hydrogen-bond donors (Lipinski definition) is 2. The summed E-state index contributed by atoms with van der Waals surface area (Å²) in [5.41, 5.74) is 0. The summed E-state index contributed by atoms with van der Waals surface area (Å²) in [4.78, 5) is 28.8. The first-order valence-electron chi connectivity index (χ1n) is 1.88. The second-order valence-electron chi connectivity index (χ2n) is 0.986. The van der Waals surface area contributed by atoms with E-state index in [1.165, 1.54) is 0 Å². The van der Waals surface area contributed by atoms with Crippen LogP contribution in [-0.4, -0.2) is 121 Å². The van der Waals surface area contributed by atoms with E-state index in [1.54, 1.807) is 0 Å². The summed E-state index contributed by atoms with van der Waals surface area (Å²) >= 11 is 0. The molecule has 0 rings (SSSR count). The van der Waals surface area contributed by atoms with E-state index in [1.807, 2.05) is 0 Å². The average molecular weight is 255 g/mol. The van der Waals surface area contributed by atoms with Gasteiger partial charge in [-0.2, -0.15) is 0 Å². The van der Waals surface area contributed by atoms with Crippen LogP contribution in [0.25, 0.3) is 0 Å². The van der Waals surface area contributed by atoms with E-state index >= 15 is 0 Å². The predicted molar refractivity (Wildman–Crippen MR) is 57.8 cm³/mol. The Bertz CT molecular complexity index is 164. The third-order valence-corrected chi connectivity index (χ3v) is 0.341. The highest BCUT2D eigenvalue weighted by Gasteiger charge is 2.13. The van der Waals surface area contributed by atoms with Gasteiger partial charge in [-0.05, 0) is 0 Å². The first kappa shape index (κ1) is 29.5. The topological polar surface area (TPSA) is 110 Å². The maximum Gasteiger partial charge on any atom is 0.528 e. The highest BCUT2D eigenvalue weighted by Crippen LogP contribution is 1.85. The Morgan fingerprint density at radius 3 is 1.07 bits per heavy atom. The molecule has 14 heavy (non-hydrogen) atoms. The zero-order valence-corrected chi connectivity index (χ0v) is 4.44. The van der Waals surface area contributed by atoms with E-state index in [2.05, 4.69) is 9.47 Å². The van der Waals surface area contributed by atoms with Gasteiger partial charge in [-0.3, -0.25) is 0 Å². The van der Waals surface area contributed by atoms with Gasteiger partial charge in [-0.1, -0.05) is 0 Å².